The fraction of sp³-hybridized carbons (Fsp3) is 0.241. The monoisotopic (exact) mass is 485 g/mol. The zero-order valence-corrected chi connectivity index (χ0v) is 20.6. The number of carbonyl (C=O) groups is 1. The van der Waals surface area contributed by atoms with Crippen molar-refractivity contribution in [2.75, 3.05) is 19.6 Å². The van der Waals surface area contributed by atoms with Crippen molar-refractivity contribution < 1.29 is 9.90 Å². The van der Waals surface area contributed by atoms with Crippen LogP contribution in [0.3, 0.4) is 0 Å². The van der Waals surface area contributed by atoms with Crippen LogP contribution in [0.15, 0.2) is 104 Å². The molecule has 6 heteroatoms. The lowest BCUT2D eigenvalue weighted by atomic mass is 9.76. The molecule has 3 aromatic carbocycles. The molecule has 5 nitrogen and oxygen atoms in total. The minimum absolute atomic E-state index is 0. The highest BCUT2D eigenvalue weighted by Crippen LogP contribution is 2.41. The Morgan fingerprint density at radius 2 is 1.40 bits per heavy atom. The lowest BCUT2D eigenvalue weighted by molar-refractivity contribution is -0.141. The number of likely N-dealkylation sites (tertiary alicyclic amines) is 1. The van der Waals surface area contributed by atoms with Gasteiger partial charge in [-0.2, -0.15) is 13.5 Å². The summed E-state index contributed by atoms with van der Waals surface area (Å²) in [6.07, 6.45) is 5.40. The van der Waals surface area contributed by atoms with Crippen LogP contribution in [0, 0.1) is 5.92 Å². The number of imidazole rings is 1. The van der Waals surface area contributed by atoms with Crippen molar-refractivity contribution in [2.45, 2.75) is 18.4 Å². The molecule has 2 heterocycles. The largest absolute Gasteiger partial charge is 0.481 e. The number of aromatic nitrogens is 2. The maximum Gasteiger partial charge on any atom is 0.307 e. The summed E-state index contributed by atoms with van der Waals surface area (Å²) in [4.78, 5) is 18.3. The van der Waals surface area contributed by atoms with Gasteiger partial charge in [0, 0.05) is 31.4 Å². The summed E-state index contributed by atoms with van der Waals surface area (Å²) < 4.78 is 2.30. The molecule has 180 valence electrons. The summed E-state index contributed by atoms with van der Waals surface area (Å²) in [5, 5.41) is 9.37. The molecule has 0 spiro atoms. The van der Waals surface area contributed by atoms with Crippen LogP contribution in [0.4, 0.5) is 0 Å². The smallest absolute Gasteiger partial charge is 0.307 e. The predicted octanol–water partition coefficient (Wildman–Crippen LogP) is 4.79. The summed E-state index contributed by atoms with van der Waals surface area (Å²) in [6.45, 7) is 2.25. The number of rotatable bonds is 8. The summed E-state index contributed by atoms with van der Waals surface area (Å²) in [5.74, 6) is -0.953. The fourth-order valence-electron chi connectivity index (χ4n) is 5.27. The number of carboxylic acid groups (broad SMARTS) is 1. The average molecular weight is 486 g/mol. The Kier molecular flexibility index (Phi) is 7.73. The molecule has 4 aromatic rings. The molecule has 0 unspecified atom stereocenters. The van der Waals surface area contributed by atoms with Gasteiger partial charge in [0.1, 0.15) is 5.54 Å². The van der Waals surface area contributed by atoms with Crippen LogP contribution in [0.25, 0.3) is 0 Å². The summed E-state index contributed by atoms with van der Waals surface area (Å²) in [7, 11) is 0. The highest BCUT2D eigenvalue weighted by atomic mass is 32.1. The van der Waals surface area contributed by atoms with Crippen LogP contribution >= 0.6 is 13.5 Å². The lowest BCUT2D eigenvalue weighted by Gasteiger charge is -2.38. The Morgan fingerprint density at radius 3 is 1.86 bits per heavy atom. The molecule has 1 saturated heterocycles. The van der Waals surface area contributed by atoms with Crippen LogP contribution in [0.1, 0.15) is 28.8 Å². The lowest BCUT2D eigenvalue weighted by Crippen LogP contribution is -2.39. The van der Waals surface area contributed by atoms with Crippen molar-refractivity contribution in [3.05, 3.63) is 126 Å². The van der Waals surface area contributed by atoms with E-state index in [1.165, 1.54) is 16.7 Å². The van der Waals surface area contributed by atoms with E-state index in [0.717, 1.165) is 31.6 Å². The summed E-state index contributed by atoms with van der Waals surface area (Å²) >= 11 is 0. The normalized spacial score (nSPS) is 16.1. The maximum absolute atomic E-state index is 11.4. The van der Waals surface area contributed by atoms with E-state index in [0.29, 0.717) is 6.54 Å². The number of carboxylic acids is 1. The van der Waals surface area contributed by atoms with Crippen molar-refractivity contribution >= 4 is 19.5 Å². The van der Waals surface area contributed by atoms with Gasteiger partial charge in [0.25, 0.3) is 0 Å². The molecule has 1 fully saturated rings. The third-order valence-electron chi connectivity index (χ3n) is 6.96. The van der Waals surface area contributed by atoms with Gasteiger partial charge in [0.2, 0.25) is 0 Å². The number of benzene rings is 3. The van der Waals surface area contributed by atoms with Gasteiger partial charge in [-0.3, -0.25) is 4.79 Å². The SMILES string of the molecule is O=C(O)[C@H]1CCN(CCc2cncn2C(c2ccccc2)(c2ccccc2)c2ccccc2)C1.S. The summed E-state index contributed by atoms with van der Waals surface area (Å²) in [6, 6.07) is 31.8. The third-order valence-corrected chi connectivity index (χ3v) is 6.96. The van der Waals surface area contributed by atoms with Crippen LogP contribution in [-0.2, 0) is 16.8 Å². The Labute approximate surface area is 213 Å². The standard InChI is InChI=1S/C29H29N3O2.H2S/c33-28(34)23-16-18-31(21-23)19-17-27-20-30-22-32(27)29(24-10-4-1-5-11-24,25-12-6-2-7-13-25)26-14-8-3-9-15-26;/h1-15,20,22-23H,16-19,21H2,(H,33,34);1H2/t23-;/m0./s1. The molecular formula is C29H31N3O2S. The van der Waals surface area contributed by atoms with E-state index in [4.69, 9.17) is 0 Å². The van der Waals surface area contributed by atoms with Crippen LogP contribution < -0.4 is 0 Å². The number of aliphatic carboxylic acids is 1. The molecule has 5 rings (SSSR count). The first-order valence-corrected chi connectivity index (χ1v) is 11.8. The van der Waals surface area contributed by atoms with E-state index in [1.54, 1.807) is 0 Å². The minimum atomic E-state index is -0.691. The van der Waals surface area contributed by atoms with Crippen molar-refractivity contribution in [3.63, 3.8) is 0 Å². The van der Waals surface area contributed by atoms with Gasteiger partial charge in [0.05, 0.1) is 12.2 Å². The predicted molar refractivity (Wildman–Crippen MR) is 143 cm³/mol. The van der Waals surface area contributed by atoms with E-state index in [-0.39, 0.29) is 19.4 Å². The Hall–Kier alpha value is -3.35. The van der Waals surface area contributed by atoms with Gasteiger partial charge in [-0.1, -0.05) is 91.0 Å². The molecule has 0 saturated carbocycles. The van der Waals surface area contributed by atoms with E-state index in [2.05, 4.69) is 87.2 Å². The summed E-state index contributed by atoms with van der Waals surface area (Å²) in [5.41, 5.74) is 4.04. The molecule has 1 atom stereocenters. The number of nitrogens with zero attached hydrogens (tertiary/aromatic N) is 3. The molecule has 1 aliphatic heterocycles. The number of hydrogen-bond donors (Lipinski definition) is 1. The highest BCUT2D eigenvalue weighted by molar-refractivity contribution is 7.59. The molecule has 0 bridgehead atoms. The van der Waals surface area contributed by atoms with E-state index in [9.17, 15) is 9.90 Å². The van der Waals surface area contributed by atoms with Crippen LogP contribution in [0.2, 0.25) is 0 Å². The van der Waals surface area contributed by atoms with Crippen molar-refractivity contribution in [2.24, 2.45) is 5.92 Å². The van der Waals surface area contributed by atoms with Gasteiger partial charge < -0.3 is 14.6 Å². The zero-order chi connectivity index (χ0) is 23.4. The van der Waals surface area contributed by atoms with Crippen molar-refractivity contribution in [3.8, 4) is 0 Å². The molecule has 1 N–H and O–H groups in total. The third kappa shape index (κ3) is 4.77. The van der Waals surface area contributed by atoms with Gasteiger partial charge in [-0.25, -0.2) is 4.98 Å². The maximum atomic E-state index is 11.4. The highest BCUT2D eigenvalue weighted by Gasteiger charge is 2.39. The van der Waals surface area contributed by atoms with E-state index in [1.807, 2.05) is 30.7 Å². The topological polar surface area (TPSA) is 58.4 Å². The first-order valence-electron chi connectivity index (χ1n) is 11.8. The van der Waals surface area contributed by atoms with Crippen LogP contribution in [-0.4, -0.2) is 45.2 Å². The average Bonchev–Trinajstić information content (AvgIpc) is 3.56. The minimum Gasteiger partial charge on any atom is -0.481 e. The molecule has 1 aliphatic rings. The van der Waals surface area contributed by atoms with Crippen molar-refractivity contribution in [1.29, 1.82) is 0 Å². The van der Waals surface area contributed by atoms with Crippen molar-refractivity contribution in [1.82, 2.24) is 14.5 Å². The molecule has 1 aromatic heterocycles. The zero-order valence-electron chi connectivity index (χ0n) is 19.6. The van der Waals surface area contributed by atoms with E-state index < -0.39 is 11.5 Å². The second-order valence-electron chi connectivity index (χ2n) is 8.94. The Bertz CT molecular complexity index is 1130. The molecule has 0 aliphatic carbocycles. The fourth-order valence-corrected chi connectivity index (χ4v) is 5.27. The van der Waals surface area contributed by atoms with E-state index >= 15 is 0 Å². The van der Waals surface area contributed by atoms with Gasteiger partial charge in [-0.05, 0) is 29.7 Å². The van der Waals surface area contributed by atoms with Gasteiger partial charge in [0.15, 0.2) is 0 Å². The molecule has 0 radical (unpaired) electrons. The second-order valence-corrected chi connectivity index (χ2v) is 8.94. The van der Waals surface area contributed by atoms with Gasteiger partial charge >= 0.3 is 5.97 Å². The molecule has 0 amide bonds. The molecular weight excluding hydrogens is 454 g/mol. The first kappa shape index (κ1) is 24.8. The molecule has 35 heavy (non-hydrogen) atoms. The van der Waals surface area contributed by atoms with Crippen LogP contribution in [0.5, 0.6) is 0 Å². The number of hydrogen-bond acceptors (Lipinski definition) is 3. The Balaban J connectivity index is 0.00000289. The Morgan fingerprint density at radius 1 is 0.886 bits per heavy atom. The first-order chi connectivity index (χ1) is 16.7. The quantitative estimate of drug-likeness (QED) is 0.365. The second kappa shape index (κ2) is 10.9. The van der Waals surface area contributed by atoms with Gasteiger partial charge in [-0.15, -0.1) is 0 Å².